The lowest BCUT2D eigenvalue weighted by Gasteiger charge is -2.62. The van der Waals surface area contributed by atoms with E-state index in [0.717, 1.165) is 16.7 Å². The van der Waals surface area contributed by atoms with Crippen molar-refractivity contribution in [1.29, 1.82) is 5.26 Å². The van der Waals surface area contributed by atoms with E-state index in [4.69, 9.17) is 37.9 Å². The number of aryl methyl sites for hydroxylation is 1. The monoisotopic (exact) mass is 920 g/mol. The Kier molecular flexibility index (Phi) is 13.2. The van der Waals surface area contributed by atoms with Crippen LogP contribution in [0.4, 0.5) is 4.79 Å². The lowest BCUT2D eigenvalue weighted by atomic mass is 9.65. The van der Waals surface area contributed by atoms with E-state index in [-0.39, 0.29) is 67.8 Å². The number of rotatable bonds is 17. The van der Waals surface area contributed by atoms with Gasteiger partial charge >= 0.3 is 6.09 Å². The van der Waals surface area contributed by atoms with E-state index in [1.165, 1.54) is 28.3 Å². The van der Waals surface area contributed by atoms with Crippen molar-refractivity contribution in [3.8, 4) is 28.7 Å². The third-order valence-electron chi connectivity index (χ3n) is 13.9. The van der Waals surface area contributed by atoms with Crippen LogP contribution in [0.2, 0.25) is 0 Å². The maximum atomic E-state index is 14.7. The summed E-state index contributed by atoms with van der Waals surface area (Å²) in [6.07, 6.45) is 0.310. The number of benzene rings is 3. The van der Waals surface area contributed by atoms with Crippen LogP contribution in [0, 0.1) is 18.3 Å². The van der Waals surface area contributed by atoms with Gasteiger partial charge in [0.05, 0.1) is 45.1 Å². The van der Waals surface area contributed by atoms with Crippen LogP contribution in [0.15, 0.2) is 89.9 Å². The molecule has 3 saturated heterocycles. The van der Waals surface area contributed by atoms with Crippen molar-refractivity contribution in [3.05, 3.63) is 118 Å². The number of hydrogen-bond acceptors (Lipinski definition) is 15. The molecule has 2 bridgehead atoms. The number of nitrogens with zero attached hydrogens (tertiary/aromatic N) is 3. The minimum atomic E-state index is -2.07. The largest absolute Gasteiger partial charge is 0.493 e. The maximum Gasteiger partial charge on any atom is 0.409 e. The van der Waals surface area contributed by atoms with E-state index < -0.39 is 47.9 Å². The Labute approximate surface area is 389 Å². The van der Waals surface area contributed by atoms with Gasteiger partial charge < -0.3 is 43.0 Å². The summed E-state index contributed by atoms with van der Waals surface area (Å²) in [6, 6.07) is 18.4. The summed E-state index contributed by atoms with van der Waals surface area (Å²) in [5.41, 5.74) is 6.02. The number of ketones is 1. The lowest BCUT2D eigenvalue weighted by molar-refractivity contribution is -0.153. The van der Waals surface area contributed by atoms with Gasteiger partial charge in [-0.25, -0.2) is 4.79 Å². The first-order chi connectivity index (χ1) is 32.1. The van der Waals surface area contributed by atoms with Gasteiger partial charge in [0.25, 0.3) is 0 Å². The first kappa shape index (κ1) is 45.8. The van der Waals surface area contributed by atoms with Gasteiger partial charge in [-0.15, -0.1) is 0 Å². The number of likely N-dealkylation sites (N-methyl/N-ethyl adjacent to an activating group) is 1. The van der Waals surface area contributed by atoms with Crippen LogP contribution in [0.1, 0.15) is 53.1 Å². The zero-order valence-corrected chi connectivity index (χ0v) is 38.7. The number of alkyl carbamates (subject to hydrolysis) is 1. The molecule has 7 atom stereocenters. The van der Waals surface area contributed by atoms with Crippen molar-refractivity contribution in [3.63, 3.8) is 0 Å². The molecule has 3 unspecified atom stereocenters. The fraction of sp³-hybridized carbons (Fsp3) is 0.460. The van der Waals surface area contributed by atoms with Crippen LogP contribution in [0.25, 0.3) is 11.1 Å². The van der Waals surface area contributed by atoms with Gasteiger partial charge in [-0.3, -0.25) is 19.9 Å². The molecule has 2 N–H and O–H groups in total. The van der Waals surface area contributed by atoms with E-state index in [1.807, 2.05) is 14.0 Å². The highest BCUT2D eigenvalue weighted by Gasteiger charge is 2.64. The smallest absolute Gasteiger partial charge is 0.409 e. The SMILES string of the molecule is C=CCOC(=O)NC(CSCC1c2ccccc2-c2ccccc21)OC[C@H]1C2=C3OCOC3=C(C)C(=O)C2(O)CC2[C@@H]3c4c(cc(C)c(OC)c4OCOCCOC)C[C@H]([C@H](C#N)N21)N3C. The number of hydrogen-bond donors (Lipinski definition) is 2. The molecule has 9 rings (SSSR count). The number of piperidine rings is 1. The average molecular weight is 921 g/mol. The predicted molar refractivity (Wildman–Crippen MR) is 245 cm³/mol. The second-order valence-electron chi connectivity index (χ2n) is 17.4. The topological polar surface area (TPSA) is 171 Å². The highest BCUT2D eigenvalue weighted by molar-refractivity contribution is 7.99. The third kappa shape index (κ3) is 7.83. The summed E-state index contributed by atoms with van der Waals surface area (Å²) in [5, 5.41) is 27.3. The molecule has 6 aliphatic rings. The Morgan fingerprint density at radius 1 is 1.08 bits per heavy atom. The highest BCUT2D eigenvalue weighted by atomic mass is 32.2. The number of aliphatic hydroxyl groups is 1. The second kappa shape index (κ2) is 19.1. The van der Waals surface area contributed by atoms with Gasteiger partial charge in [-0.2, -0.15) is 17.0 Å². The number of fused-ring (bicyclic) bond motifs is 11. The van der Waals surface area contributed by atoms with E-state index in [2.05, 4.69) is 82.4 Å². The first-order valence-corrected chi connectivity index (χ1v) is 23.4. The molecule has 3 aromatic rings. The molecule has 4 aliphatic heterocycles. The number of nitriles is 1. The van der Waals surface area contributed by atoms with Gasteiger partial charge in [0, 0.05) is 59.7 Å². The summed E-state index contributed by atoms with van der Waals surface area (Å²) < 4.78 is 47.6. The number of nitrogens with one attached hydrogen (secondary N) is 1. The molecule has 16 heteroatoms. The number of methoxy groups -OCH3 is 2. The normalized spacial score (nSPS) is 25.5. The van der Waals surface area contributed by atoms with E-state index in [1.54, 1.807) is 32.9 Å². The molecule has 348 valence electrons. The van der Waals surface area contributed by atoms with Gasteiger partial charge in [0.2, 0.25) is 6.79 Å². The number of carbonyl (C=O) groups excluding carboxylic acids is 2. The molecule has 4 heterocycles. The molecule has 66 heavy (non-hydrogen) atoms. The Balaban J connectivity index is 1.09. The van der Waals surface area contributed by atoms with Gasteiger partial charge in [0.1, 0.15) is 18.9 Å². The standard InChI is InChI=1S/C50H56N4O11S/c1-7-16-61-49(56)52-40(25-66-24-35-33-14-10-8-12-31(33)32-13-9-11-15-34(32)35)62-23-39-42-47-45(64-27-65-47)29(3)48(55)50(42,57)21-37-43-41-30(20-36(53(43)4)38(22-51)54(37)39)19-28(2)44(59-6)46(41)63-26-60-18-17-58-5/h7-15,19,35-40,43,57H,1,16-18,20-21,23-27H2,2-6H3,(H,52,56)/t36-,37?,38+,39+,40?,43-,50?/m1/s1. The molecule has 3 aromatic carbocycles. The number of ether oxygens (including phenoxy) is 8. The highest BCUT2D eigenvalue weighted by Crippen LogP contribution is 2.57. The zero-order valence-electron chi connectivity index (χ0n) is 37.9. The molecular weight excluding hydrogens is 865 g/mol. The molecule has 1 amide bonds. The van der Waals surface area contributed by atoms with Gasteiger partial charge in [0.15, 0.2) is 41.2 Å². The summed E-state index contributed by atoms with van der Waals surface area (Å²) in [6.45, 7) is 7.59. The fourth-order valence-electron chi connectivity index (χ4n) is 11.1. The minimum Gasteiger partial charge on any atom is -0.493 e. The fourth-order valence-corrected chi connectivity index (χ4v) is 12.2. The second-order valence-corrected chi connectivity index (χ2v) is 18.5. The van der Waals surface area contributed by atoms with Crippen LogP contribution in [-0.4, -0.2) is 136 Å². The molecule has 0 aromatic heterocycles. The van der Waals surface area contributed by atoms with Gasteiger partial charge in [-0.1, -0.05) is 67.3 Å². The Morgan fingerprint density at radius 2 is 1.80 bits per heavy atom. The van der Waals surface area contributed by atoms with Crippen LogP contribution in [-0.2, 0) is 39.6 Å². The van der Waals surface area contributed by atoms with E-state index >= 15 is 0 Å². The van der Waals surface area contributed by atoms with E-state index in [0.29, 0.717) is 42.6 Å². The quantitative estimate of drug-likeness (QED) is 0.0932. The van der Waals surface area contributed by atoms with Crippen LogP contribution in [0.5, 0.6) is 11.5 Å². The zero-order chi connectivity index (χ0) is 46.3. The molecule has 2 aliphatic carbocycles. The van der Waals surface area contributed by atoms with Crippen molar-refractivity contribution in [2.75, 3.05) is 72.8 Å². The molecule has 0 radical (unpaired) electrons. The number of thioether (sulfide) groups is 1. The third-order valence-corrected chi connectivity index (χ3v) is 15.0. The van der Waals surface area contributed by atoms with Crippen LogP contribution >= 0.6 is 11.8 Å². The number of piperazine rings is 1. The Bertz CT molecular complexity index is 2460. The molecular formula is C50H56N4O11S. The van der Waals surface area contributed by atoms with Crippen molar-refractivity contribution in [2.24, 2.45) is 0 Å². The number of Topliss-reactive ketones (excluding diaryl/α,β-unsaturated/α-hetero) is 1. The predicted octanol–water partition coefficient (Wildman–Crippen LogP) is 5.90. The summed E-state index contributed by atoms with van der Waals surface area (Å²) in [7, 11) is 5.17. The molecule has 3 fully saturated rings. The number of amides is 1. The van der Waals surface area contributed by atoms with Crippen molar-refractivity contribution in [1.82, 2.24) is 15.1 Å². The van der Waals surface area contributed by atoms with Gasteiger partial charge in [-0.05, 0) is 60.7 Å². The maximum absolute atomic E-state index is 14.7. The first-order valence-electron chi connectivity index (χ1n) is 22.2. The summed E-state index contributed by atoms with van der Waals surface area (Å²) >= 11 is 1.63. The lowest BCUT2D eigenvalue weighted by Crippen LogP contribution is -2.74. The van der Waals surface area contributed by atoms with Crippen LogP contribution < -0.4 is 14.8 Å². The van der Waals surface area contributed by atoms with Crippen LogP contribution in [0.3, 0.4) is 0 Å². The average Bonchev–Trinajstić information content (AvgIpc) is 3.93. The molecule has 0 spiro atoms. The minimum absolute atomic E-state index is 0.00642. The number of carbonyl (C=O) groups is 2. The van der Waals surface area contributed by atoms with Crippen molar-refractivity contribution in [2.45, 2.75) is 74.6 Å². The van der Waals surface area contributed by atoms with Crippen molar-refractivity contribution < 1.29 is 52.6 Å². The van der Waals surface area contributed by atoms with Crippen molar-refractivity contribution >= 4 is 23.6 Å². The molecule has 0 saturated carbocycles. The Hall–Kier alpha value is -5.38. The summed E-state index contributed by atoms with van der Waals surface area (Å²) in [5.74, 6) is 2.19. The Morgan fingerprint density at radius 3 is 2.50 bits per heavy atom. The molecule has 15 nitrogen and oxygen atoms in total. The van der Waals surface area contributed by atoms with E-state index in [9.17, 15) is 20.0 Å². The summed E-state index contributed by atoms with van der Waals surface area (Å²) in [4.78, 5) is 32.2.